The SMILES string of the molecule is CCOC(C(C)C)C(N)Cc1c(Cl)c(CC)nn1C. The molecule has 0 aliphatic heterocycles. The van der Waals surface area contributed by atoms with Crippen LogP contribution < -0.4 is 5.73 Å². The number of hydrogen-bond donors (Lipinski definition) is 1. The zero-order valence-electron chi connectivity index (χ0n) is 12.6. The highest BCUT2D eigenvalue weighted by Crippen LogP contribution is 2.23. The normalized spacial score (nSPS) is 14.9. The van der Waals surface area contributed by atoms with Gasteiger partial charge in [-0.15, -0.1) is 0 Å². The maximum atomic E-state index is 6.36. The van der Waals surface area contributed by atoms with Crippen molar-refractivity contribution in [3.8, 4) is 0 Å². The third-order valence-electron chi connectivity index (χ3n) is 3.37. The lowest BCUT2D eigenvalue weighted by Gasteiger charge is -2.27. The fourth-order valence-corrected chi connectivity index (χ4v) is 2.75. The smallest absolute Gasteiger partial charge is 0.0850 e. The summed E-state index contributed by atoms with van der Waals surface area (Å²) < 4.78 is 7.59. The molecule has 5 heteroatoms. The maximum Gasteiger partial charge on any atom is 0.0850 e. The van der Waals surface area contributed by atoms with Gasteiger partial charge >= 0.3 is 0 Å². The molecule has 0 saturated carbocycles. The van der Waals surface area contributed by atoms with Crippen molar-refractivity contribution in [2.75, 3.05) is 6.61 Å². The van der Waals surface area contributed by atoms with Gasteiger partial charge in [0, 0.05) is 26.1 Å². The van der Waals surface area contributed by atoms with Crippen LogP contribution in [0.15, 0.2) is 0 Å². The van der Waals surface area contributed by atoms with Gasteiger partial charge in [0.1, 0.15) is 0 Å². The predicted octanol–water partition coefficient (Wildman–Crippen LogP) is 2.57. The summed E-state index contributed by atoms with van der Waals surface area (Å²) in [5.74, 6) is 0.382. The first-order chi connectivity index (χ1) is 8.92. The van der Waals surface area contributed by atoms with E-state index in [4.69, 9.17) is 22.1 Å². The molecule has 19 heavy (non-hydrogen) atoms. The van der Waals surface area contributed by atoms with Crippen molar-refractivity contribution in [3.05, 3.63) is 16.4 Å². The first-order valence-electron chi connectivity index (χ1n) is 6.99. The molecule has 110 valence electrons. The highest BCUT2D eigenvalue weighted by Gasteiger charge is 2.25. The lowest BCUT2D eigenvalue weighted by molar-refractivity contribution is 0.0124. The number of halogens is 1. The van der Waals surface area contributed by atoms with Gasteiger partial charge < -0.3 is 10.5 Å². The number of ether oxygens (including phenoxy) is 1. The summed E-state index contributed by atoms with van der Waals surface area (Å²) in [6.45, 7) is 8.98. The lowest BCUT2D eigenvalue weighted by atomic mass is 9.96. The second-order valence-corrected chi connectivity index (χ2v) is 5.59. The van der Waals surface area contributed by atoms with E-state index in [1.54, 1.807) is 0 Å². The van der Waals surface area contributed by atoms with Gasteiger partial charge in [0.05, 0.1) is 22.5 Å². The zero-order chi connectivity index (χ0) is 14.6. The second-order valence-electron chi connectivity index (χ2n) is 5.22. The van der Waals surface area contributed by atoms with Gasteiger partial charge in [0.2, 0.25) is 0 Å². The average Bonchev–Trinajstić information content (AvgIpc) is 2.62. The van der Waals surface area contributed by atoms with Crippen molar-refractivity contribution >= 4 is 11.6 Å². The molecule has 1 heterocycles. The molecule has 2 atom stereocenters. The Morgan fingerprint density at radius 3 is 2.42 bits per heavy atom. The molecule has 0 radical (unpaired) electrons. The fraction of sp³-hybridized carbons (Fsp3) is 0.786. The fourth-order valence-electron chi connectivity index (χ4n) is 2.38. The highest BCUT2D eigenvalue weighted by atomic mass is 35.5. The molecule has 0 amide bonds. The van der Waals surface area contributed by atoms with Crippen LogP contribution in [-0.4, -0.2) is 28.5 Å². The largest absolute Gasteiger partial charge is 0.377 e. The Balaban J connectivity index is 2.86. The summed E-state index contributed by atoms with van der Waals surface area (Å²) in [6, 6.07) is -0.0717. The predicted molar refractivity (Wildman–Crippen MR) is 79.5 cm³/mol. The highest BCUT2D eigenvalue weighted by molar-refractivity contribution is 6.31. The van der Waals surface area contributed by atoms with Crippen LogP contribution in [0.4, 0.5) is 0 Å². The quantitative estimate of drug-likeness (QED) is 0.838. The van der Waals surface area contributed by atoms with E-state index in [-0.39, 0.29) is 12.1 Å². The van der Waals surface area contributed by atoms with Crippen LogP contribution >= 0.6 is 11.6 Å². The van der Waals surface area contributed by atoms with Crippen molar-refractivity contribution in [1.82, 2.24) is 9.78 Å². The van der Waals surface area contributed by atoms with E-state index < -0.39 is 0 Å². The zero-order valence-corrected chi connectivity index (χ0v) is 13.4. The van der Waals surface area contributed by atoms with E-state index >= 15 is 0 Å². The third kappa shape index (κ3) is 3.94. The van der Waals surface area contributed by atoms with Crippen LogP contribution in [0.2, 0.25) is 5.02 Å². The molecule has 0 saturated heterocycles. The van der Waals surface area contributed by atoms with Gasteiger partial charge in [-0.3, -0.25) is 4.68 Å². The molecule has 2 N–H and O–H groups in total. The Morgan fingerprint density at radius 2 is 2.00 bits per heavy atom. The summed E-state index contributed by atoms with van der Waals surface area (Å²) in [5.41, 5.74) is 8.23. The van der Waals surface area contributed by atoms with Gasteiger partial charge in [0.15, 0.2) is 0 Å². The first kappa shape index (κ1) is 16.5. The lowest BCUT2D eigenvalue weighted by Crippen LogP contribution is -2.42. The maximum absolute atomic E-state index is 6.36. The molecular weight excluding hydrogens is 262 g/mol. The van der Waals surface area contributed by atoms with Crippen molar-refractivity contribution in [2.24, 2.45) is 18.7 Å². The summed E-state index contributed by atoms with van der Waals surface area (Å²) in [6.07, 6.45) is 1.56. The van der Waals surface area contributed by atoms with Gasteiger partial charge in [-0.05, 0) is 19.3 Å². The number of rotatable bonds is 7. The van der Waals surface area contributed by atoms with Gasteiger partial charge in [0.25, 0.3) is 0 Å². The summed E-state index contributed by atoms with van der Waals surface area (Å²) in [5, 5.41) is 5.17. The number of hydrogen-bond acceptors (Lipinski definition) is 3. The average molecular weight is 288 g/mol. The molecule has 1 aromatic rings. The van der Waals surface area contributed by atoms with E-state index in [0.29, 0.717) is 18.9 Å². The summed E-state index contributed by atoms with van der Waals surface area (Å²) in [7, 11) is 1.91. The minimum atomic E-state index is -0.0717. The molecule has 0 fully saturated rings. The second kappa shape index (κ2) is 7.27. The van der Waals surface area contributed by atoms with Gasteiger partial charge in [-0.1, -0.05) is 32.4 Å². The number of nitrogens with two attached hydrogens (primary N) is 1. The van der Waals surface area contributed by atoms with Crippen molar-refractivity contribution in [2.45, 2.75) is 52.7 Å². The summed E-state index contributed by atoms with van der Waals surface area (Å²) in [4.78, 5) is 0. The molecule has 0 aliphatic carbocycles. The molecule has 1 aromatic heterocycles. The molecule has 0 bridgehead atoms. The minimum Gasteiger partial charge on any atom is -0.377 e. The molecule has 0 spiro atoms. The van der Waals surface area contributed by atoms with Crippen LogP contribution in [0.5, 0.6) is 0 Å². The molecule has 0 aromatic carbocycles. The van der Waals surface area contributed by atoms with Crippen LogP contribution in [0.1, 0.15) is 39.1 Å². The van der Waals surface area contributed by atoms with E-state index in [0.717, 1.165) is 22.8 Å². The topological polar surface area (TPSA) is 53.1 Å². The van der Waals surface area contributed by atoms with Crippen LogP contribution in [-0.2, 0) is 24.6 Å². The third-order valence-corrected chi connectivity index (χ3v) is 3.81. The standard InChI is InChI=1S/C14H26ClN3O/c1-6-11-13(15)12(18(5)17-11)8-10(16)14(9(3)4)19-7-2/h9-10,14H,6-8,16H2,1-5H3. The van der Waals surface area contributed by atoms with Crippen LogP contribution in [0.3, 0.4) is 0 Å². The summed E-state index contributed by atoms with van der Waals surface area (Å²) >= 11 is 6.36. The Labute approximate surface area is 121 Å². The number of nitrogens with zero attached hydrogens (tertiary/aromatic N) is 2. The minimum absolute atomic E-state index is 0.0426. The van der Waals surface area contributed by atoms with Gasteiger partial charge in [-0.2, -0.15) is 5.10 Å². The number of aromatic nitrogens is 2. The molecule has 1 rings (SSSR count). The Kier molecular flexibility index (Phi) is 6.30. The van der Waals surface area contributed by atoms with Crippen LogP contribution in [0, 0.1) is 5.92 Å². The Morgan fingerprint density at radius 1 is 1.37 bits per heavy atom. The number of aryl methyl sites for hydroxylation is 2. The van der Waals surface area contributed by atoms with E-state index in [9.17, 15) is 0 Å². The van der Waals surface area contributed by atoms with Crippen molar-refractivity contribution in [3.63, 3.8) is 0 Å². The first-order valence-corrected chi connectivity index (χ1v) is 7.37. The molecule has 0 aliphatic rings. The van der Waals surface area contributed by atoms with Crippen molar-refractivity contribution in [1.29, 1.82) is 0 Å². The Hall–Kier alpha value is -0.580. The molecule has 4 nitrogen and oxygen atoms in total. The van der Waals surface area contributed by atoms with Crippen LogP contribution in [0.25, 0.3) is 0 Å². The Bertz CT molecular complexity index is 404. The molecular formula is C14H26ClN3O. The van der Waals surface area contributed by atoms with E-state index in [1.165, 1.54) is 0 Å². The van der Waals surface area contributed by atoms with Gasteiger partial charge in [-0.25, -0.2) is 0 Å². The molecule has 2 unspecified atom stereocenters. The monoisotopic (exact) mass is 287 g/mol. The van der Waals surface area contributed by atoms with E-state index in [2.05, 4.69) is 25.9 Å². The van der Waals surface area contributed by atoms with Crippen molar-refractivity contribution < 1.29 is 4.74 Å². The van der Waals surface area contributed by atoms with E-state index in [1.807, 2.05) is 18.7 Å².